The molecule has 0 bridgehead atoms. The van der Waals surface area contributed by atoms with Crippen LogP contribution in [0.15, 0.2) is 24.3 Å². The highest BCUT2D eigenvalue weighted by Gasteiger charge is 2.02. The molecule has 0 radical (unpaired) electrons. The van der Waals surface area contributed by atoms with Crippen LogP contribution < -0.4 is 15.4 Å². The van der Waals surface area contributed by atoms with Crippen molar-refractivity contribution in [1.29, 1.82) is 0 Å². The van der Waals surface area contributed by atoms with E-state index in [2.05, 4.69) is 17.6 Å². The molecular weight excluding hydrogens is 264 g/mol. The van der Waals surface area contributed by atoms with E-state index in [-0.39, 0.29) is 5.91 Å². The van der Waals surface area contributed by atoms with E-state index < -0.39 is 0 Å². The summed E-state index contributed by atoms with van der Waals surface area (Å²) in [6.45, 7) is 6.04. The average molecular weight is 292 g/mol. The van der Waals surface area contributed by atoms with Crippen LogP contribution in [0.2, 0.25) is 0 Å². The van der Waals surface area contributed by atoms with Gasteiger partial charge in [0.1, 0.15) is 5.75 Å². The van der Waals surface area contributed by atoms with Crippen molar-refractivity contribution in [2.45, 2.75) is 46.0 Å². The zero-order valence-corrected chi connectivity index (χ0v) is 13.3. The summed E-state index contributed by atoms with van der Waals surface area (Å²) in [6.07, 6.45) is 6.13. The number of ether oxygens (including phenoxy) is 1. The van der Waals surface area contributed by atoms with Crippen LogP contribution in [0.5, 0.6) is 5.75 Å². The molecule has 1 amide bonds. The van der Waals surface area contributed by atoms with Crippen LogP contribution in [-0.2, 0) is 4.79 Å². The molecule has 0 aliphatic heterocycles. The van der Waals surface area contributed by atoms with Crippen molar-refractivity contribution in [3.8, 4) is 5.75 Å². The van der Waals surface area contributed by atoms with Gasteiger partial charge >= 0.3 is 0 Å². The first kappa shape index (κ1) is 17.5. The van der Waals surface area contributed by atoms with Gasteiger partial charge in [-0.3, -0.25) is 4.79 Å². The summed E-state index contributed by atoms with van der Waals surface area (Å²) in [7, 11) is 0. The molecule has 0 saturated heterocycles. The van der Waals surface area contributed by atoms with Crippen LogP contribution in [0.1, 0.15) is 46.0 Å². The number of hydrogen-bond acceptors (Lipinski definition) is 3. The number of hydrogen-bond donors (Lipinski definition) is 2. The lowest BCUT2D eigenvalue weighted by Crippen LogP contribution is -2.27. The van der Waals surface area contributed by atoms with Crippen molar-refractivity contribution in [2.75, 3.05) is 25.0 Å². The quantitative estimate of drug-likeness (QED) is 0.613. The van der Waals surface area contributed by atoms with E-state index in [9.17, 15) is 4.79 Å². The Morgan fingerprint density at radius 3 is 2.71 bits per heavy atom. The van der Waals surface area contributed by atoms with Crippen molar-refractivity contribution in [2.24, 2.45) is 0 Å². The molecule has 21 heavy (non-hydrogen) atoms. The largest absolute Gasteiger partial charge is 0.494 e. The second-order valence-electron chi connectivity index (χ2n) is 5.12. The Bertz CT molecular complexity index is 408. The second-order valence-corrected chi connectivity index (χ2v) is 5.12. The summed E-state index contributed by atoms with van der Waals surface area (Å²) < 4.78 is 5.72. The van der Waals surface area contributed by atoms with Gasteiger partial charge in [0.05, 0.1) is 13.2 Å². The van der Waals surface area contributed by atoms with Crippen LogP contribution in [0.25, 0.3) is 0 Å². The standard InChI is InChI=1S/C17H28N2O2/c1-3-5-6-7-8-12-21-16-11-9-10-15(13-16)19-17(20)14-18-4-2/h9-11,13,18H,3-8,12,14H2,1-2H3,(H,19,20). The highest BCUT2D eigenvalue weighted by atomic mass is 16.5. The maximum absolute atomic E-state index is 11.6. The molecule has 0 heterocycles. The molecule has 1 aromatic carbocycles. The molecule has 4 nitrogen and oxygen atoms in total. The third kappa shape index (κ3) is 8.35. The Kier molecular flexibility index (Phi) is 9.29. The van der Waals surface area contributed by atoms with E-state index in [4.69, 9.17) is 4.74 Å². The van der Waals surface area contributed by atoms with Crippen molar-refractivity contribution in [3.05, 3.63) is 24.3 Å². The molecule has 1 rings (SSSR count). The number of amides is 1. The second kappa shape index (κ2) is 11.1. The fourth-order valence-electron chi connectivity index (χ4n) is 2.00. The monoisotopic (exact) mass is 292 g/mol. The molecule has 0 aromatic heterocycles. The topological polar surface area (TPSA) is 50.4 Å². The lowest BCUT2D eigenvalue weighted by Gasteiger charge is -2.09. The van der Waals surface area contributed by atoms with E-state index in [1.54, 1.807) is 0 Å². The van der Waals surface area contributed by atoms with Gasteiger partial charge in [0.2, 0.25) is 5.91 Å². The molecule has 0 fully saturated rings. The number of nitrogens with one attached hydrogen (secondary N) is 2. The molecule has 4 heteroatoms. The van der Waals surface area contributed by atoms with Gasteiger partial charge in [-0.2, -0.15) is 0 Å². The third-order valence-corrected chi connectivity index (χ3v) is 3.17. The SMILES string of the molecule is CCCCCCCOc1cccc(NC(=O)CNCC)c1. The molecule has 1 aromatic rings. The lowest BCUT2D eigenvalue weighted by molar-refractivity contribution is -0.115. The molecule has 0 aliphatic carbocycles. The summed E-state index contributed by atoms with van der Waals surface area (Å²) >= 11 is 0. The van der Waals surface area contributed by atoms with E-state index in [1.165, 1.54) is 25.7 Å². The number of anilines is 1. The number of benzene rings is 1. The zero-order chi connectivity index (χ0) is 15.3. The highest BCUT2D eigenvalue weighted by Crippen LogP contribution is 2.17. The number of unbranched alkanes of at least 4 members (excludes halogenated alkanes) is 4. The summed E-state index contributed by atoms with van der Waals surface area (Å²) in [6, 6.07) is 7.56. The van der Waals surface area contributed by atoms with Crippen LogP contribution in [0, 0.1) is 0 Å². The van der Waals surface area contributed by atoms with Gasteiger partial charge in [-0.05, 0) is 25.1 Å². The Morgan fingerprint density at radius 1 is 1.14 bits per heavy atom. The molecule has 2 N–H and O–H groups in total. The van der Waals surface area contributed by atoms with Crippen LogP contribution >= 0.6 is 0 Å². The van der Waals surface area contributed by atoms with Gasteiger partial charge in [-0.25, -0.2) is 0 Å². The van der Waals surface area contributed by atoms with Crippen LogP contribution in [0.4, 0.5) is 5.69 Å². The van der Waals surface area contributed by atoms with Crippen molar-refractivity contribution in [1.82, 2.24) is 5.32 Å². The normalized spacial score (nSPS) is 10.4. The third-order valence-electron chi connectivity index (χ3n) is 3.17. The van der Waals surface area contributed by atoms with Gasteiger partial charge in [-0.15, -0.1) is 0 Å². The zero-order valence-electron chi connectivity index (χ0n) is 13.3. The molecule has 0 spiro atoms. The van der Waals surface area contributed by atoms with Gasteiger partial charge in [0.15, 0.2) is 0 Å². The maximum atomic E-state index is 11.6. The number of carbonyl (C=O) groups excluding carboxylic acids is 1. The first-order chi connectivity index (χ1) is 10.3. The molecular formula is C17H28N2O2. The summed E-state index contributed by atoms with van der Waals surface area (Å²) in [5, 5.41) is 5.85. The average Bonchev–Trinajstić information content (AvgIpc) is 2.49. The smallest absolute Gasteiger partial charge is 0.238 e. The van der Waals surface area contributed by atoms with Gasteiger partial charge in [-0.1, -0.05) is 45.6 Å². The molecule has 118 valence electrons. The number of carbonyl (C=O) groups is 1. The highest BCUT2D eigenvalue weighted by molar-refractivity contribution is 5.92. The van der Waals surface area contributed by atoms with Gasteiger partial charge < -0.3 is 15.4 Å². The van der Waals surface area contributed by atoms with E-state index in [1.807, 2.05) is 31.2 Å². The lowest BCUT2D eigenvalue weighted by atomic mass is 10.2. The minimum Gasteiger partial charge on any atom is -0.494 e. The Morgan fingerprint density at radius 2 is 1.95 bits per heavy atom. The summed E-state index contributed by atoms with van der Waals surface area (Å²) in [4.78, 5) is 11.6. The fraction of sp³-hybridized carbons (Fsp3) is 0.588. The maximum Gasteiger partial charge on any atom is 0.238 e. The van der Waals surface area contributed by atoms with E-state index in [0.29, 0.717) is 6.54 Å². The van der Waals surface area contributed by atoms with E-state index in [0.717, 1.165) is 31.0 Å². The molecule has 0 atom stereocenters. The van der Waals surface area contributed by atoms with Crippen molar-refractivity contribution >= 4 is 11.6 Å². The summed E-state index contributed by atoms with van der Waals surface area (Å²) in [5.74, 6) is 0.778. The molecule has 0 aliphatic rings. The molecule has 0 unspecified atom stereocenters. The minimum absolute atomic E-state index is 0.0337. The molecule has 0 saturated carbocycles. The Hall–Kier alpha value is -1.55. The first-order valence-corrected chi connectivity index (χ1v) is 7.99. The Balaban J connectivity index is 2.29. The number of likely N-dealkylation sites (N-methyl/N-ethyl adjacent to an activating group) is 1. The van der Waals surface area contributed by atoms with Crippen LogP contribution in [-0.4, -0.2) is 25.6 Å². The summed E-state index contributed by atoms with van der Waals surface area (Å²) in [5.41, 5.74) is 0.779. The van der Waals surface area contributed by atoms with Gasteiger partial charge in [0.25, 0.3) is 0 Å². The van der Waals surface area contributed by atoms with Gasteiger partial charge in [0, 0.05) is 11.8 Å². The van der Waals surface area contributed by atoms with E-state index >= 15 is 0 Å². The Labute approximate surface area is 128 Å². The number of rotatable bonds is 11. The predicted molar refractivity (Wildman–Crippen MR) is 87.9 cm³/mol. The van der Waals surface area contributed by atoms with Crippen molar-refractivity contribution < 1.29 is 9.53 Å². The predicted octanol–water partition coefficient (Wildman–Crippen LogP) is 3.58. The van der Waals surface area contributed by atoms with Crippen molar-refractivity contribution in [3.63, 3.8) is 0 Å². The van der Waals surface area contributed by atoms with Crippen LogP contribution in [0.3, 0.4) is 0 Å². The minimum atomic E-state index is -0.0337. The first-order valence-electron chi connectivity index (χ1n) is 7.99. The fourth-order valence-corrected chi connectivity index (χ4v) is 2.00.